The Labute approximate surface area is 93.9 Å². The molecule has 16 heavy (non-hydrogen) atoms. The van der Waals surface area contributed by atoms with E-state index in [-0.39, 0.29) is 5.91 Å². The lowest BCUT2D eigenvalue weighted by atomic mass is 10.0. The Bertz CT molecular complexity index is 546. The van der Waals surface area contributed by atoms with Crippen molar-refractivity contribution in [3.05, 3.63) is 54.1 Å². The zero-order chi connectivity index (χ0) is 11.0. The van der Waals surface area contributed by atoms with Gasteiger partial charge in [0.2, 0.25) is 5.91 Å². The van der Waals surface area contributed by atoms with E-state index < -0.39 is 0 Å². The van der Waals surface area contributed by atoms with Crippen molar-refractivity contribution in [2.45, 2.75) is 6.42 Å². The van der Waals surface area contributed by atoms with Crippen LogP contribution in [0.4, 0.5) is 5.69 Å². The molecule has 2 heteroatoms. The van der Waals surface area contributed by atoms with Crippen molar-refractivity contribution in [1.82, 2.24) is 0 Å². The third-order valence-electron chi connectivity index (χ3n) is 2.85. The smallest absolute Gasteiger partial charge is 0.228 e. The highest BCUT2D eigenvalue weighted by Crippen LogP contribution is 2.34. The van der Waals surface area contributed by atoms with Gasteiger partial charge in [0.25, 0.3) is 0 Å². The van der Waals surface area contributed by atoms with Gasteiger partial charge in [-0.25, -0.2) is 0 Å². The van der Waals surface area contributed by atoms with Crippen LogP contribution in [0.2, 0.25) is 0 Å². The Morgan fingerprint density at radius 3 is 2.56 bits per heavy atom. The number of hydrogen-bond donors (Lipinski definition) is 1. The maximum absolute atomic E-state index is 11.4. The largest absolute Gasteiger partial charge is 0.325 e. The van der Waals surface area contributed by atoms with E-state index in [4.69, 9.17) is 0 Å². The lowest BCUT2D eigenvalue weighted by molar-refractivity contribution is -0.115. The monoisotopic (exact) mass is 209 g/mol. The quantitative estimate of drug-likeness (QED) is 0.768. The minimum absolute atomic E-state index is 0.0818. The molecule has 1 N–H and O–H groups in total. The summed E-state index contributed by atoms with van der Waals surface area (Å²) in [5.41, 5.74) is 4.30. The number of fused-ring (bicyclic) bond motifs is 1. The molecule has 2 nitrogen and oxygen atoms in total. The van der Waals surface area contributed by atoms with E-state index in [0.717, 1.165) is 22.4 Å². The topological polar surface area (TPSA) is 29.1 Å². The van der Waals surface area contributed by atoms with Gasteiger partial charge < -0.3 is 5.32 Å². The molecule has 0 aromatic heterocycles. The molecule has 0 atom stereocenters. The van der Waals surface area contributed by atoms with Crippen molar-refractivity contribution in [2.24, 2.45) is 0 Å². The van der Waals surface area contributed by atoms with E-state index in [0.29, 0.717) is 6.42 Å². The summed E-state index contributed by atoms with van der Waals surface area (Å²) < 4.78 is 0. The minimum Gasteiger partial charge on any atom is -0.325 e. The molecule has 78 valence electrons. The second kappa shape index (κ2) is 3.49. The molecule has 2 aromatic rings. The molecule has 2 aromatic carbocycles. The zero-order valence-electron chi connectivity index (χ0n) is 8.73. The van der Waals surface area contributed by atoms with Crippen molar-refractivity contribution < 1.29 is 4.79 Å². The standard InChI is InChI=1S/C14H11NO/c16-13-9-11-7-4-8-12(14(11)15-13)10-5-2-1-3-6-10/h1-8H,9H2,(H,15,16). The predicted octanol–water partition coefficient (Wildman–Crippen LogP) is 2.85. The lowest BCUT2D eigenvalue weighted by Gasteiger charge is -2.07. The molecule has 1 amide bonds. The van der Waals surface area contributed by atoms with E-state index in [1.165, 1.54) is 0 Å². The van der Waals surface area contributed by atoms with Crippen LogP contribution in [0.25, 0.3) is 11.1 Å². The summed E-state index contributed by atoms with van der Waals surface area (Å²) >= 11 is 0. The fraction of sp³-hybridized carbons (Fsp3) is 0.0714. The zero-order valence-corrected chi connectivity index (χ0v) is 8.73. The van der Waals surface area contributed by atoms with E-state index in [2.05, 4.69) is 17.4 Å². The van der Waals surface area contributed by atoms with Crippen molar-refractivity contribution in [3.63, 3.8) is 0 Å². The van der Waals surface area contributed by atoms with Crippen molar-refractivity contribution >= 4 is 11.6 Å². The first-order valence-electron chi connectivity index (χ1n) is 5.32. The van der Waals surface area contributed by atoms with Crippen LogP contribution in [-0.2, 0) is 11.2 Å². The van der Waals surface area contributed by atoms with Crippen LogP contribution in [0.3, 0.4) is 0 Å². The SMILES string of the molecule is O=C1Cc2cccc(-c3ccccc3)c2N1. The first-order chi connectivity index (χ1) is 7.84. The molecule has 0 saturated heterocycles. The van der Waals surface area contributed by atoms with Crippen molar-refractivity contribution in [1.29, 1.82) is 0 Å². The second-order valence-corrected chi connectivity index (χ2v) is 3.93. The van der Waals surface area contributed by atoms with Gasteiger partial charge in [-0.1, -0.05) is 48.5 Å². The number of carbonyl (C=O) groups is 1. The Morgan fingerprint density at radius 2 is 1.75 bits per heavy atom. The fourth-order valence-electron chi connectivity index (χ4n) is 2.11. The van der Waals surface area contributed by atoms with E-state index in [1.807, 2.05) is 36.4 Å². The highest BCUT2D eigenvalue weighted by atomic mass is 16.1. The van der Waals surface area contributed by atoms with Crippen LogP contribution < -0.4 is 5.32 Å². The Morgan fingerprint density at radius 1 is 0.938 bits per heavy atom. The molecule has 1 aliphatic heterocycles. The molecular formula is C14H11NO. The molecule has 0 unspecified atom stereocenters. The van der Waals surface area contributed by atoms with Gasteiger partial charge in [-0.15, -0.1) is 0 Å². The summed E-state index contributed by atoms with van der Waals surface area (Å²) in [5, 5.41) is 2.93. The highest BCUT2D eigenvalue weighted by molar-refractivity contribution is 6.03. The molecule has 0 saturated carbocycles. The maximum Gasteiger partial charge on any atom is 0.228 e. The average Bonchev–Trinajstić information content (AvgIpc) is 2.70. The van der Waals surface area contributed by atoms with Gasteiger partial charge in [0.1, 0.15) is 0 Å². The molecule has 0 fully saturated rings. The Hall–Kier alpha value is -2.09. The van der Waals surface area contributed by atoms with Crippen LogP contribution in [0, 0.1) is 0 Å². The van der Waals surface area contributed by atoms with Gasteiger partial charge in [-0.2, -0.15) is 0 Å². The minimum atomic E-state index is 0.0818. The lowest BCUT2D eigenvalue weighted by Crippen LogP contribution is -2.04. The van der Waals surface area contributed by atoms with Gasteiger partial charge in [0, 0.05) is 5.56 Å². The number of anilines is 1. The number of para-hydroxylation sites is 1. The number of nitrogens with one attached hydrogen (secondary N) is 1. The molecular weight excluding hydrogens is 198 g/mol. The van der Waals surface area contributed by atoms with Gasteiger partial charge >= 0.3 is 0 Å². The third kappa shape index (κ3) is 1.39. The first-order valence-corrected chi connectivity index (χ1v) is 5.32. The van der Waals surface area contributed by atoms with Gasteiger partial charge in [0.15, 0.2) is 0 Å². The molecule has 1 heterocycles. The summed E-state index contributed by atoms with van der Waals surface area (Å²) in [6.07, 6.45) is 0.496. The number of carbonyl (C=O) groups excluding carboxylic acids is 1. The van der Waals surface area contributed by atoms with Crippen LogP contribution in [0.15, 0.2) is 48.5 Å². The van der Waals surface area contributed by atoms with Gasteiger partial charge in [0.05, 0.1) is 12.1 Å². The van der Waals surface area contributed by atoms with Crippen molar-refractivity contribution in [3.8, 4) is 11.1 Å². The normalized spacial score (nSPS) is 13.4. The molecule has 0 aliphatic carbocycles. The average molecular weight is 209 g/mol. The van der Waals surface area contributed by atoms with Crippen LogP contribution in [-0.4, -0.2) is 5.91 Å². The fourth-order valence-corrected chi connectivity index (χ4v) is 2.11. The highest BCUT2D eigenvalue weighted by Gasteiger charge is 2.20. The molecule has 0 spiro atoms. The van der Waals surface area contributed by atoms with E-state index in [1.54, 1.807) is 0 Å². The molecule has 1 aliphatic rings. The van der Waals surface area contributed by atoms with Crippen LogP contribution >= 0.6 is 0 Å². The molecule has 0 bridgehead atoms. The summed E-state index contributed by atoms with van der Waals surface area (Å²) in [6.45, 7) is 0. The number of benzene rings is 2. The second-order valence-electron chi connectivity index (χ2n) is 3.93. The Kier molecular flexibility index (Phi) is 2.00. The van der Waals surface area contributed by atoms with Gasteiger partial charge in [-0.05, 0) is 11.1 Å². The van der Waals surface area contributed by atoms with E-state index in [9.17, 15) is 4.79 Å². The summed E-state index contributed by atoms with van der Waals surface area (Å²) in [5.74, 6) is 0.0818. The molecule has 3 rings (SSSR count). The van der Waals surface area contributed by atoms with E-state index >= 15 is 0 Å². The van der Waals surface area contributed by atoms with Crippen LogP contribution in [0.5, 0.6) is 0 Å². The third-order valence-corrected chi connectivity index (χ3v) is 2.85. The number of hydrogen-bond acceptors (Lipinski definition) is 1. The summed E-state index contributed by atoms with van der Waals surface area (Å²) in [4.78, 5) is 11.4. The predicted molar refractivity (Wildman–Crippen MR) is 64.2 cm³/mol. The van der Waals surface area contributed by atoms with Crippen molar-refractivity contribution in [2.75, 3.05) is 5.32 Å². The molecule has 0 radical (unpaired) electrons. The Balaban J connectivity index is 2.17. The first kappa shape index (κ1) is 9.16. The number of rotatable bonds is 1. The number of amides is 1. The summed E-state index contributed by atoms with van der Waals surface area (Å²) in [7, 11) is 0. The maximum atomic E-state index is 11.4. The summed E-state index contributed by atoms with van der Waals surface area (Å²) in [6, 6.07) is 16.2. The van der Waals surface area contributed by atoms with Crippen LogP contribution in [0.1, 0.15) is 5.56 Å². The van der Waals surface area contributed by atoms with Gasteiger partial charge in [-0.3, -0.25) is 4.79 Å².